The molecular weight excluding hydrogens is 260 g/mol. The second kappa shape index (κ2) is 6.48. The topological polar surface area (TPSA) is 42.4 Å². The molecule has 5 heteroatoms. The number of aromatic nitrogens is 1. The zero-order valence-electron chi connectivity index (χ0n) is 11.9. The predicted molar refractivity (Wildman–Crippen MR) is 76.2 cm³/mol. The Labute approximate surface area is 118 Å². The molecule has 106 valence electrons. The Hall–Kier alpha value is -0.940. The molecule has 0 N–H and O–H groups in total. The van der Waals surface area contributed by atoms with Gasteiger partial charge in [-0.2, -0.15) is 0 Å². The lowest BCUT2D eigenvalue weighted by molar-refractivity contribution is -0.137. The number of carbonyl (C=O) groups excluding carboxylic acids is 1. The van der Waals surface area contributed by atoms with Crippen LogP contribution in [0.15, 0.2) is 5.38 Å². The lowest BCUT2D eigenvalue weighted by Crippen LogP contribution is -2.35. The van der Waals surface area contributed by atoms with E-state index in [-0.39, 0.29) is 11.8 Å². The normalized spacial score (nSPS) is 16.8. The second-order valence-electron chi connectivity index (χ2n) is 5.41. The summed E-state index contributed by atoms with van der Waals surface area (Å²) in [6.45, 7) is 6.30. The van der Waals surface area contributed by atoms with Crippen LogP contribution in [0.5, 0.6) is 0 Å². The van der Waals surface area contributed by atoms with Crippen molar-refractivity contribution in [3.63, 3.8) is 0 Å². The van der Waals surface area contributed by atoms with Crippen LogP contribution in [0.1, 0.15) is 43.3 Å². The second-order valence-corrected chi connectivity index (χ2v) is 6.30. The molecule has 1 aliphatic rings. The van der Waals surface area contributed by atoms with E-state index in [2.05, 4.69) is 24.2 Å². The molecule has 0 radical (unpaired) electrons. The third-order valence-corrected chi connectivity index (χ3v) is 4.60. The minimum absolute atomic E-state index is 0.127. The van der Waals surface area contributed by atoms with Crippen molar-refractivity contribution in [3.05, 3.63) is 16.1 Å². The number of amides is 1. The van der Waals surface area contributed by atoms with Crippen LogP contribution in [0.2, 0.25) is 0 Å². The summed E-state index contributed by atoms with van der Waals surface area (Å²) in [4.78, 5) is 18.7. The van der Waals surface area contributed by atoms with Gasteiger partial charge >= 0.3 is 0 Å². The van der Waals surface area contributed by atoms with Gasteiger partial charge in [0.05, 0.1) is 17.2 Å². The number of hydrogen-bond donors (Lipinski definition) is 0. The third-order valence-electron chi connectivity index (χ3n) is 3.41. The van der Waals surface area contributed by atoms with Crippen molar-refractivity contribution in [2.24, 2.45) is 5.92 Å². The first-order chi connectivity index (χ1) is 9.08. The minimum Gasteiger partial charge on any atom is -0.381 e. The Balaban J connectivity index is 1.91. The van der Waals surface area contributed by atoms with E-state index in [0.717, 1.165) is 23.5 Å². The van der Waals surface area contributed by atoms with E-state index >= 15 is 0 Å². The summed E-state index contributed by atoms with van der Waals surface area (Å²) >= 11 is 1.68. The molecule has 1 aromatic rings. The fraction of sp³-hybridized carbons (Fsp3) is 0.714. The molecule has 0 atom stereocenters. The highest BCUT2D eigenvalue weighted by atomic mass is 32.1. The van der Waals surface area contributed by atoms with Crippen LogP contribution in [0, 0.1) is 5.92 Å². The van der Waals surface area contributed by atoms with Gasteiger partial charge in [0.2, 0.25) is 5.91 Å². The van der Waals surface area contributed by atoms with Crippen LogP contribution in [-0.4, -0.2) is 36.1 Å². The van der Waals surface area contributed by atoms with E-state index in [0.29, 0.717) is 25.7 Å². The molecule has 0 aliphatic carbocycles. The Morgan fingerprint density at radius 3 is 2.79 bits per heavy atom. The molecule has 1 aliphatic heterocycles. The van der Waals surface area contributed by atoms with Crippen LogP contribution >= 0.6 is 11.3 Å². The number of thiazole rings is 1. The Bertz CT molecular complexity index is 425. The Kier molecular flexibility index (Phi) is 4.93. The smallest absolute Gasteiger partial charge is 0.225 e. The van der Waals surface area contributed by atoms with Crippen LogP contribution in [0.4, 0.5) is 0 Å². The highest BCUT2D eigenvalue weighted by molar-refractivity contribution is 7.09. The summed E-state index contributed by atoms with van der Waals surface area (Å²) in [7, 11) is 1.87. The van der Waals surface area contributed by atoms with Gasteiger partial charge in [0, 0.05) is 37.5 Å². The van der Waals surface area contributed by atoms with Gasteiger partial charge in [0.25, 0.3) is 0 Å². The summed E-state index contributed by atoms with van der Waals surface area (Å²) in [5.41, 5.74) is 0.997. The zero-order valence-corrected chi connectivity index (χ0v) is 12.7. The van der Waals surface area contributed by atoms with Crippen LogP contribution < -0.4 is 0 Å². The number of ether oxygens (including phenoxy) is 1. The van der Waals surface area contributed by atoms with Gasteiger partial charge in [0.1, 0.15) is 0 Å². The molecule has 2 rings (SSSR count). The average Bonchev–Trinajstić information content (AvgIpc) is 2.87. The molecular formula is C14H22N2O2S. The number of hydrogen-bond acceptors (Lipinski definition) is 4. The first kappa shape index (κ1) is 14.5. The quantitative estimate of drug-likeness (QED) is 0.852. The van der Waals surface area contributed by atoms with Crippen LogP contribution in [0.25, 0.3) is 0 Å². The summed E-state index contributed by atoms with van der Waals surface area (Å²) in [5, 5.41) is 3.20. The van der Waals surface area contributed by atoms with Gasteiger partial charge in [-0.25, -0.2) is 4.98 Å². The van der Waals surface area contributed by atoms with Gasteiger partial charge in [-0.15, -0.1) is 11.3 Å². The minimum atomic E-state index is 0.127. The molecule has 19 heavy (non-hydrogen) atoms. The van der Waals surface area contributed by atoms with Crippen molar-refractivity contribution in [3.8, 4) is 0 Å². The first-order valence-corrected chi connectivity index (χ1v) is 7.73. The summed E-state index contributed by atoms with van der Waals surface area (Å²) in [6, 6.07) is 0. The number of carbonyl (C=O) groups is 1. The standard InChI is InChI=1S/C14H22N2O2S/c1-10(2)13-15-12(9-19-13)8-16(3)14(17)11-4-6-18-7-5-11/h9-11H,4-8H2,1-3H3. The van der Waals surface area contributed by atoms with Crippen LogP contribution in [0.3, 0.4) is 0 Å². The lowest BCUT2D eigenvalue weighted by Gasteiger charge is -2.26. The molecule has 1 aromatic heterocycles. The summed E-state index contributed by atoms with van der Waals surface area (Å²) < 4.78 is 5.30. The molecule has 4 nitrogen and oxygen atoms in total. The van der Waals surface area contributed by atoms with E-state index in [1.807, 2.05) is 7.05 Å². The van der Waals surface area contributed by atoms with Gasteiger partial charge in [-0.05, 0) is 12.8 Å². The van der Waals surface area contributed by atoms with E-state index < -0.39 is 0 Å². The van der Waals surface area contributed by atoms with E-state index in [1.165, 1.54) is 0 Å². The van der Waals surface area contributed by atoms with Crippen LogP contribution in [-0.2, 0) is 16.1 Å². The maximum Gasteiger partial charge on any atom is 0.225 e. The zero-order chi connectivity index (χ0) is 13.8. The molecule has 0 spiro atoms. The molecule has 0 bridgehead atoms. The SMILES string of the molecule is CC(C)c1nc(CN(C)C(=O)C2CCOCC2)cs1. The fourth-order valence-corrected chi connectivity index (χ4v) is 3.06. The molecule has 0 saturated carbocycles. The fourth-order valence-electron chi connectivity index (χ4n) is 2.24. The number of rotatable bonds is 4. The van der Waals surface area contributed by atoms with Crippen molar-refractivity contribution >= 4 is 17.2 Å². The number of nitrogens with zero attached hydrogens (tertiary/aromatic N) is 2. The Morgan fingerprint density at radius 1 is 1.53 bits per heavy atom. The molecule has 0 unspecified atom stereocenters. The van der Waals surface area contributed by atoms with Crippen molar-refractivity contribution in [1.29, 1.82) is 0 Å². The highest BCUT2D eigenvalue weighted by Crippen LogP contribution is 2.21. The van der Waals surface area contributed by atoms with Gasteiger partial charge in [-0.3, -0.25) is 4.79 Å². The third kappa shape index (κ3) is 3.76. The highest BCUT2D eigenvalue weighted by Gasteiger charge is 2.24. The van der Waals surface area contributed by atoms with Gasteiger partial charge < -0.3 is 9.64 Å². The average molecular weight is 282 g/mol. The summed E-state index contributed by atoms with van der Waals surface area (Å²) in [6.07, 6.45) is 1.69. The van der Waals surface area contributed by atoms with Gasteiger partial charge in [-0.1, -0.05) is 13.8 Å². The van der Waals surface area contributed by atoms with Crippen molar-refractivity contribution in [1.82, 2.24) is 9.88 Å². The van der Waals surface area contributed by atoms with E-state index in [1.54, 1.807) is 16.2 Å². The maximum absolute atomic E-state index is 12.3. The Morgan fingerprint density at radius 2 is 2.21 bits per heavy atom. The van der Waals surface area contributed by atoms with Crippen molar-refractivity contribution in [2.75, 3.05) is 20.3 Å². The largest absolute Gasteiger partial charge is 0.381 e. The molecule has 1 saturated heterocycles. The van der Waals surface area contributed by atoms with E-state index in [9.17, 15) is 4.79 Å². The molecule has 1 fully saturated rings. The first-order valence-electron chi connectivity index (χ1n) is 6.85. The lowest BCUT2D eigenvalue weighted by atomic mass is 9.99. The maximum atomic E-state index is 12.3. The van der Waals surface area contributed by atoms with Crippen molar-refractivity contribution in [2.45, 2.75) is 39.2 Å². The molecule has 2 heterocycles. The summed E-state index contributed by atoms with van der Waals surface area (Å²) in [5.74, 6) is 0.805. The molecule has 0 aromatic carbocycles. The van der Waals surface area contributed by atoms with Gasteiger partial charge in [0.15, 0.2) is 0 Å². The predicted octanol–water partition coefficient (Wildman–Crippen LogP) is 2.65. The van der Waals surface area contributed by atoms with Crippen molar-refractivity contribution < 1.29 is 9.53 Å². The monoisotopic (exact) mass is 282 g/mol. The molecule has 1 amide bonds. The van der Waals surface area contributed by atoms with E-state index in [4.69, 9.17) is 4.74 Å².